The van der Waals surface area contributed by atoms with Crippen LogP contribution in [0, 0.1) is 0 Å². The number of fused-ring (bicyclic) bond motifs is 1. The van der Waals surface area contributed by atoms with E-state index in [4.69, 9.17) is 4.74 Å². The fraction of sp³-hybridized carbons (Fsp3) is 0.375. The number of benzene rings is 2. The molecule has 3 nitrogen and oxygen atoms in total. The van der Waals surface area contributed by atoms with Crippen LogP contribution in [0.2, 0.25) is 0 Å². The number of hydrogen-bond acceptors (Lipinski definition) is 3. The Hall–Kier alpha value is -0.930. The van der Waals surface area contributed by atoms with Crippen molar-refractivity contribution in [2.45, 2.75) is 45.3 Å². The van der Waals surface area contributed by atoms with Crippen LogP contribution in [0.15, 0.2) is 60.7 Å². The van der Waals surface area contributed by atoms with Crippen molar-refractivity contribution >= 4 is 56.1 Å². The summed E-state index contributed by atoms with van der Waals surface area (Å²) in [6.45, 7) is 2.59. The maximum atomic E-state index is 10.3. The third-order valence-electron chi connectivity index (χ3n) is 4.37. The van der Waals surface area contributed by atoms with Crippen molar-refractivity contribution in [1.82, 2.24) is 4.98 Å². The van der Waals surface area contributed by atoms with E-state index in [1.54, 1.807) is 0 Å². The Balaban J connectivity index is 0.000000989. The van der Waals surface area contributed by atoms with E-state index in [9.17, 15) is 5.11 Å². The second kappa shape index (κ2) is 15.8. The zero-order valence-electron chi connectivity index (χ0n) is 17.4. The van der Waals surface area contributed by atoms with Crippen LogP contribution in [0.3, 0.4) is 0 Å². The molecule has 0 aliphatic carbocycles. The first-order valence-electron chi connectivity index (χ1n) is 9.77. The Morgan fingerprint density at radius 1 is 0.931 bits per heavy atom. The van der Waals surface area contributed by atoms with Crippen molar-refractivity contribution in [2.75, 3.05) is 9.86 Å². The van der Waals surface area contributed by atoms with Crippen LogP contribution >= 0.6 is 45.2 Å². The third-order valence-corrected chi connectivity index (χ3v) is 4.37. The summed E-state index contributed by atoms with van der Waals surface area (Å²) in [7, 11) is 0. The number of hydrogen-bond donors (Lipinski definition) is 1. The van der Waals surface area contributed by atoms with Gasteiger partial charge in [-0.05, 0) is 46.1 Å². The Labute approximate surface area is 202 Å². The van der Waals surface area contributed by atoms with Gasteiger partial charge in [-0.2, -0.15) is 0 Å². The Morgan fingerprint density at radius 2 is 1.69 bits per heavy atom. The average molecular weight is 619 g/mol. The molecule has 1 heterocycles. The smallest absolute Gasteiger partial charge is 0.130 e. The van der Waals surface area contributed by atoms with Crippen molar-refractivity contribution in [3.05, 3.63) is 71.9 Å². The lowest BCUT2D eigenvalue weighted by Crippen LogP contribution is -2.01. The third kappa shape index (κ3) is 9.17. The number of unbranched alkanes of at least 4 members (excludes halogenated alkanes) is 2. The van der Waals surface area contributed by atoms with Gasteiger partial charge >= 0.3 is 0 Å². The van der Waals surface area contributed by atoms with Gasteiger partial charge in [0, 0.05) is 5.39 Å². The molecule has 0 bridgehead atoms. The van der Waals surface area contributed by atoms with E-state index in [0.717, 1.165) is 53.6 Å². The highest BCUT2D eigenvalue weighted by molar-refractivity contribution is 14.1. The maximum Gasteiger partial charge on any atom is 0.130 e. The molecular weight excluding hydrogens is 588 g/mol. The molecule has 3 rings (SSSR count). The minimum atomic E-state index is -0.422. The Bertz CT molecular complexity index is 827. The number of aliphatic hydroxyl groups excluding tert-OH is 1. The predicted molar refractivity (Wildman–Crippen MR) is 142 cm³/mol. The normalized spacial score (nSPS) is 11.0. The summed E-state index contributed by atoms with van der Waals surface area (Å²) in [5.41, 5.74) is 2.79. The zero-order valence-corrected chi connectivity index (χ0v) is 21.8. The number of alkyl halides is 2. The second-order valence-electron chi connectivity index (χ2n) is 6.37. The molecule has 1 atom stereocenters. The number of pyridine rings is 1. The van der Waals surface area contributed by atoms with E-state index in [1.165, 1.54) is 0 Å². The molecule has 0 spiro atoms. The molecule has 0 amide bonds. The van der Waals surface area contributed by atoms with E-state index >= 15 is 0 Å². The number of nitrogens with zero attached hydrogens (tertiary/aromatic N) is 1. The van der Waals surface area contributed by atoms with Gasteiger partial charge in [0.2, 0.25) is 0 Å². The van der Waals surface area contributed by atoms with Crippen molar-refractivity contribution in [1.29, 1.82) is 0 Å². The van der Waals surface area contributed by atoms with E-state index < -0.39 is 6.10 Å². The summed E-state index contributed by atoms with van der Waals surface area (Å²) in [5.74, 6) is 0.766. The van der Waals surface area contributed by atoms with E-state index in [0.29, 0.717) is 6.61 Å². The van der Waals surface area contributed by atoms with Gasteiger partial charge in [-0.1, -0.05) is 108 Å². The highest BCUT2D eigenvalue weighted by atomic mass is 127. The van der Waals surface area contributed by atoms with Crippen molar-refractivity contribution in [3.8, 4) is 5.75 Å². The summed E-state index contributed by atoms with van der Waals surface area (Å²) in [4.78, 5) is 8.56. The lowest BCUT2D eigenvalue weighted by atomic mass is 10.0. The minimum Gasteiger partial charge on any atom is -0.487 e. The fourth-order valence-corrected chi connectivity index (χ4v) is 2.91. The minimum absolute atomic E-state index is 0.417. The largest absolute Gasteiger partial charge is 0.487 e. The summed E-state index contributed by atoms with van der Waals surface area (Å²) in [6.07, 6.45) is 3.73. The molecule has 0 fully saturated rings. The lowest BCUT2D eigenvalue weighted by molar-refractivity contribution is 0.163. The van der Waals surface area contributed by atoms with E-state index in [1.807, 2.05) is 58.4 Å². The highest BCUT2D eigenvalue weighted by Gasteiger charge is 2.08. The predicted octanol–water partition coefficient (Wildman–Crippen LogP) is 7.53. The molecule has 0 saturated carbocycles. The molecule has 2 aromatic carbocycles. The second-order valence-corrected chi connectivity index (χ2v) is 6.37. The number of aliphatic hydroxyl groups is 1. The molecule has 5 heteroatoms. The number of ether oxygens (including phenoxy) is 1. The first kappa shape index (κ1) is 26.1. The quantitative estimate of drug-likeness (QED) is 0.161. The first-order valence-corrected chi connectivity index (χ1v) is 14.1. The zero-order chi connectivity index (χ0) is 21.5. The molecule has 3 aromatic rings. The molecule has 1 aromatic heterocycles. The van der Waals surface area contributed by atoms with Crippen LogP contribution in [0.5, 0.6) is 5.75 Å². The van der Waals surface area contributed by atoms with E-state index in [-0.39, 0.29) is 0 Å². The van der Waals surface area contributed by atoms with Crippen molar-refractivity contribution < 1.29 is 9.84 Å². The molecule has 0 radical (unpaired) electrons. The van der Waals surface area contributed by atoms with Crippen LogP contribution in [0.1, 0.15) is 50.0 Å². The lowest BCUT2D eigenvalue weighted by Gasteiger charge is -2.13. The van der Waals surface area contributed by atoms with Crippen LogP contribution in [-0.2, 0) is 6.61 Å². The summed E-state index contributed by atoms with van der Waals surface area (Å²) >= 11 is 4.30. The van der Waals surface area contributed by atoms with Crippen LogP contribution in [-0.4, -0.2) is 20.0 Å². The Kier molecular flexibility index (Phi) is 14.3. The van der Waals surface area contributed by atoms with Gasteiger partial charge in [0.1, 0.15) is 12.4 Å². The number of halogens is 2. The van der Waals surface area contributed by atoms with E-state index in [2.05, 4.69) is 69.2 Å². The van der Waals surface area contributed by atoms with Crippen LogP contribution < -0.4 is 4.74 Å². The van der Waals surface area contributed by atoms with Gasteiger partial charge in [-0.15, -0.1) is 0 Å². The van der Waals surface area contributed by atoms with Gasteiger partial charge in [0.25, 0.3) is 0 Å². The molecule has 1 N–H and O–H groups in total. The summed E-state index contributed by atoms with van der Waals surface area (Å²) < 4.78 is 5.88. The number of aromatic nitrogens is 1. The van der Waals surface area contributed by atoms with Gasteiger partial charge in [-0.3, -0.25) is 0 Å². The number of rotatable bonds is 8. The van der Waals surface area contributed by atoms with Gasteiger partial charge in [-0.25, -0.2) is 4.98 Å². The maximum absolute atomic E-state index is 10.3. The summed E-state index contributed by atoms with van der Waals surface area (Å²) in [6, 6.07) is 19.9. The standard InChI is InChI=1S/C22H25NO2.2CH3I/c1-2-3-4-12-22(24)18-9-7-10-20(15-18)25-16-19-14-13-17-8-5-6-11-21(17)23-19;2*1-2/h5-11,13-15,22,24H,2-4,12,16H2,1H3;2*1H3. The molecule has 1 unspecified atom stereocenters. The highest BCUT2D eigenvalue weighted by Crippen LogP contribution is 2.24. The number of para-hydroxylation sites is 1. The van der Waals surface area contributed by atoms with Gasteiger partial charge in [0.15, 0.2) is 0 Å². The molecule has 0 aliphatic heterocycles. The van der Waals surface area contributed by atoms with Gasteiger partial charge in [0.05, 0.1) is 17.3 Å². The fourth-order valence-electron chi connectivity index (χ4n) is 2.91. The van der Waals surface area contributed by atoms with Crippen LogP contribution in [0.25, 0.3) is 10.9 Å². The average Bonchev–Trinajstić information content (AvgIpc) is 2.80. The van der Waals surface area contributed by atoms with Crippen molar-refractivity contribution in [2.24, 2.45) is 0 Å². The molecular formula is C24H31I2NO2. The van der Waals surface area contributed by atoms with Crippen molar-refractivity contribution in [3.63, 3.8) is 0 Å². The first-order chi connectivity index (χ1) is 14.3. The summed E-state index contributed by atoms with van der Waals surface area (Å²) in [5, 5.41) is 11.4. The molecule has 158 valence electrons. The molecule has 29 heavy (non-hydrogen) atoms. The monoisotopic (exact) mass is 619 g/mol. The molecule has 0 aliphatic rings. The van der Waals surface area contributed by atoms with Crippen LogP contribution in [0.4, 0.5) is 0 Å². The SMILES string of the molecule is CCCCCC(O)c1cccc(OCc2ccc3ccccc3n2)c1.CI.CI. The molecule has 0 saturated heterocycles. The Morgan fingerprint density at radius 3 is 2.45 bits per heavy atom. The van der Waals surface area contributed by atoms with Gasteiger partial charge < -0.3 is 9.84 Å². The topological polar surface area (TPSA) is 42.4 Å².